The lowest BCUT2D eigenvalue weighted by atomic mass is 10.1. The van der Waals surface area contributed by atoms with Gasteiger partial charge in [-0.1, -0.05) is 12.8 Å². The summed E-state index contributed by atoms with van der Waals surface area (Å²) in [7, 11) is 0. The van der Waals surface area contributed by atoms with Crippen molar-refractivity contribution < 1.29 is 5.11 Å². The first-order valence-electron chi connectivity index (χ1n) is 3.82. The minimum Gasteiger partial charge on any atom is -0.387 e. The Kier molecular flexibility index (Phi) is 1.87. The quantitative estimate of drug-likeness (QED) is 0.745. The van der Waals surface area contributed by atoms with E-state index in [1.54, 1.807) is 6.20 Å². The Hall–Kier alpha value is -0.480. The standard InChI is InChI=1S/C7H10N2OS/c10-7(3-5-1-2-5)6-4-8-11-9-6/h4-5,7,10H,1-3H2. The van der Waals surface area contributed by atoms with Gasteiger partial charge < -0.3 is 5.11 Å². The summed E-state index contributed by atoms with van der Waals surface area (Å²) < 4.78 is 7.82. The SMILES string of the molecule is OC(CC1CC1)c1cnsn1. The average molecular weight is 170 g/mol. The predicted octanol–water partition coefficient (Wildman–Crippen LogP) is 1.37. The summed E-state index contributed by atoms with van der Waals surface area (Å²) in [4.78, 5) is 0. The number of aromatic nitrogens is 2. The fraction of sp³-hybridized carbons (Fsp3) is 0.714. The van der Waals surface area contributed by atoms with Crippen molar-refractivity contribution in [1.82, 2.24) is 8.75 Å². The second-order valence-electron chi connectivity index (χ2n) is 3.03. The van der Waals surface area contributed by atoms with Gasteiger partial charge in [0.1, 0.15) is 5.69 Å². The van der Waals surface area contributed by atoms with Crippen molar-refractivity contribution in [3.8, 4) is 0 Å². The first kappa shape index (κ1) is 7.18. The van der Waals surface area contributed by atoms with Crippen molar-refractivity contribution in [3.05, 3.63) is 11.9 Å². The van der Waals surface area contributed by atoms with Crippen LogP contribution >= 0.6 is 11.7 Å². The van der Waals surface area contributed by atoms with E-state index in [0.717, 1.165) is 29.8 Å². The highest BCUT2D eigenvalue weighted by atomic mass is 32.1. The van der Waals surface area contributed by atoms with E-state index >= 15 is 0 Å². The van der Waals surface area contributed by atoms with Crippen LogP contribution in [0.5, 0.6) is 0 Å². The summed E-state index contributed by atoms with van der Waals surface area (Å²) in [6.07, 6.45) is 4.69. The van der Waals surface area contributed by atoms with Crippen molar-refractivity contribution in [2.75, 3.05) is 0 Å². The van der Waals surface area contributed by atoms with E-state index in [2.05, 4.69) is 8.75 Å². The number of nitrogens with zero attached hydrogens (tertiary/aromatic N) is 2. The number of aliphatic hydroxyl groups excluding tert-OH is 1. The Morgan fingerprint density at radius 1 is 1.73 bits per heavy atom. The molecule has 4 heteroatoms. The number of hydrogen-bond acceptors (Lipinski definition) is 4. The third kappa shape index (κ3) is 1.75. The lowest BCUT2D eigenvalue weighted by molar-refractivity contribution is 0.156. The first-order valence-corrected chi connectivity index (χ1v) is 4.55. The third-order valence-electron chi connectivity index (χ3n) is 1.97. The fourth-order valence-corrected chi connectivity index (χ4v) is 1.57. The maximum absolute atomic E-state index is 9.52. The van der Waals surface area contributed by atoms with E-state index in [1.807, 2.05) is 0 Å². The molecule has 0 spiro atoms. The van der Waals surface area contributed by atoms with E-state index < -0.39 is 0 Å². The van der Waals surface area contributed by atoms with Gasteiger partial charge >= 0.3 is 0 Å². The van der Waals surface area contributed by atoms with Crippen molar-refractivity contribution in [3.63, 3.8) is 0 Å². The minimum atomic E-state index is -0.374. The Balaban J connectivity index is 1.93. The molecule has 0 aromatic carbocycles. The molecule has 2 rings (SSSR count). The van der Waals surface area contributed by atoms with Crippen LogP contribution in [0.15, 0.2) is 6.20 Å². The fourth-order valence-electron chi connectivity index (χ4n) is 1.11. The molecule has 1 unspecified atom stereocenters. The summed E-state index contributed by atoms with van der Waals surface area (Å²) in [6.45, 7) is 0. The van der Waals surface area contributed by atoms with Gasteiger partial charge in [0, 0.05) is 0 Å². The second kappa shape index (κ2) is 2.87. The molecule has 0 bridgehead atoms. The topological polar surface area (TPSA) is 46.0 Å². The number of aliphatic hydroxyl groups is 1. The summed E-state index contributed by atoms with van der Waals surface area (Å²) in [5.74, 6) is 0.742. The summed E-state index contributed by atoms with van der Waals surface area (Å²) in [5, 5.41) is 9.52. The van der Waals surface area contributed by atoms with Gasteiger partial charge in [0.2, 0.25) is 0 Å². The minimum absolute atomic E-state index is 0.374. The maximum atomic E-state index is 9.52. The average Bonchev–Trinajstić information content (AvgIpc) is 2.67. The Bertz CT molecular complexity index is 220. The largest absolute Gasteiger partial charge is 0.387 e. The van der Waals surface area contributed by atoms with E-state index in [9.17, 15) is 5.11 Å². The normalized spacial score (nSPS) is 20.1. The molecule has 1 aliphatic rings. The predicted molar refractivity (Wildman–Crippen MR) is 42.2 cm³/mol. The van der Waals surface area contributed by atoms with E-state index in [-0.39, 0.29) is 6.10 Å². The van der Waals surface area contributed by atoms with Gasteiger partial charge in [-0.2, -0.15) is 8.75 Å². The molecule has 3 nitrogen and oxygen atoms in total. The molecule has 60 valence electrons. The summed E-state index contributed by atoms with van der Waals surface area (Å²) in [6, 6.07) is 0. The summed E-state index contributed by atoms with van der Waals surface area (Å²) >= 11 is 1.16. The highest BCUT2D eigenvalue weighted by molar-refractivity contribution is 6.99. The highest BCUT2D eigenvalue weighted by Crippen LogP contribution is 2.37. The zero-order chi connectivity index (χ0) is 7.68. The van der Waals surface area contributed by atoms with Crippen LogP contribution in [0.4, 0.5) is 0 Å². The molecule has 0 amide bonds. The molecule has 1 aromatic rings. The maximum Gasteiger partial charge on any atom is 0.103 e. The second-order valence-corrected chi connectivity index (χ2v) is 3.58. The molecule has 1 aromatic heterocycles. The van der Waals surface area contributed by atoms with Gasteiger partial charge in [0.25, 0.3) is 0 Å². The van der Waals surface area contributed by atoms with Gasteiger partial charge in [-0.25, -0.2) is 0 Å². The van der Waals surface area contributed by atoms with Crippen LogP contribution in [-0.4, -0.2) is 13.9 Å². The van der Waals surface area contributed by atoms with E-state index in [0.29, 0.717) is 0 Å². The molecule has 1 aliphatic carbocycles. The van der Waals surface area contributed by atoms with Crippen LogP contribution in [0.2, 0.25) is 0 Å². The molecular formula is C7H10N2OS. The first-order chi connectivity index (χ1) is 5.36. The molecule has 1 N–H and O–H groups in total. The third-order valence-corrected chi connectivity index (χ3v) is 2.47. The smallest absolute Gasteiger partial charge is 0.103 e. The molecule has 0 saturated heterocycles. The van der Waals surface area contributed by atoms with Gasteiger partial charge in [-0.3, -0.25) is 0 Å². The molecule has 1 fully saturated rings. The van der Waals surface area contributed by atoms with Gasteiger partial charge in [-0.15, -0.1) is 0 Å². The van der Waals surface area contributed by atoms with Crippen LogP contribution in [0.1, 0.15) is 31.1 Å². The molecule has 1 heterocycles. The molecule has 0 radical (unpaired) electrons. The van der Waals surface area contributed by atoms with Crippen molar-refractivity contribution >= 4 is 11.7 Å². The van der Waals surface area contributed by atoms with Crippen molar-refractivity contribution in [1.29, 1.82) is 0 Å². The zero-order valence-corrected chi connectivity index (χ0v) is 6.92. The summed E-state index contributed by atoms with van der Waals surface area (Å²) in [5.41, 5.74) is 0.738. The number of hydrogen-bond donors (Lipinski definition) is 1. The zero-order valence-electron chi connectivity index (χ0n) is 6.10. The lowest BCUT2D eigenvalue weighted by Gasteiger charge is -2.03. The Labute approximate surface area is 69.4 Å². The lowest BCUT2D eigenvalue weighted by Crippen LogP contribution is -1.97. The molecule has 0 aliphatic heterocycles. The molecule has 1 saturated carbocycles. The monoisotopic (exact) mass is 170 g/mol. The molecule has 11 heavy (non-hydrogen) atoms. The highest BCUT2D eigenvalue weighted by Gasteiger charge is 2.25. The van der Waals surface area contributed by atoms with Gasteiger partial charge in [0.15, 0.2) is 0 Å². The number of rotatable bonds is 3. The van der Waals surface area contributed by atoms with Crippen LogP contribution in [0.25, 0.3) is 0 Å². The van der Waals surface area contributed by atoms with Crippen molar-refractivity contribution in [2.45, 2.75) is 25.4 Å². The Morgan fingerprint density at radius 2 is 2.55 bits per heavy atom. The van der Waals surface area contributed by atoms with Crippen LogP contribution in [0.3, 0.4) is 0 Å². The van der Waals surface area contributed by atoms with Gasteiger partial charge in [0.05, 0.1) is 24.0 Å². The van der Waals surface area contributed by atoms with Crippen LogP contribution in [-0.2, 0) is 0 Å². The van der Waals surface area contributed by atoms with Crippen LogP contribution < -0.4 is 0 Å². The van der Waals surface area contributed by atoms with E-state index in [4.69, 9.17) is 0 Å². The van der Waals surface area contributed by atoms with Crippen LogP contribution in [0, 0.1) is 5.92 Å². The molecule has 1 atom stereocenters. The van der Waals surface area contributed by atoms with Gasteiger partial charge in [-0.05, 0) is 12.3 Å². The Morgan fingerprint density at radius 3 is 3.09 bits per heavy atom. The molecular weight excluding hydrogens is 160 g/mol. The van der Waals surface area contributed by atoms with E-state index in [1.165, 1.54) is 12.8 Å². The van der Waals surface area contributed by atoms with Crippen molar-refractivity contribution in [2.24, 2.45) is 5.92 Å².